The quantitative estimate of drug-likeness (QED) is 0.197. The molecule has 0 aliphatic carbocycles. The van der Waals surface area contributed by atoms with Crippen molar-refractivity contribution in [2.24, 2.45) is 0 Å². The Labute approximate surface area is 229 Å². The van der Waals surface area contributed by atoms with E-state index in [0.29, 0.717) is 20.6 Å². The van der Waals surface area contributed by atoms with Crippen LogP contribution in [0.15, 0.2) is 29.4 Å². The van der Waals surface area contributed by atoms with Gasteiger partial charge in [0, 0.05) is 0 Å². The second-order valence-corrected chi connectivity index (χ2v) is 21.6. The van der Waals surface area contributed by atoms with E-state index in [1.54, 1.807) is 19.3 Å². The van der Waals surface area contributed by atoms with Crippen LogP contribution in [0.2, 0.25) is 23.6 Å². The number of hydrogen-bond donors (Lipinski definition) is 0. The summed E-state index contributed by atoms with van der Waals surface area (Å²) in [5, 5.41) is 0.801. The molecule has 0 bridgehead atoms. The Morgan fingerprint density at radius 3 is 1.56 bits per heavy atom. The van der Waals surface area contributed by atoms with Crippen molar-refractivity contribution < 1.29 is 0 Å². The van der Waals surface area contributed by atoms with Gasteiger partial charge in [0.2, 0.25) is 0 Å². The first kappa shape index (κ1) is 33.1. The Bertz CT molecular complexity index is 858. The van der Waals surface area contributed by atoms with Crippen molar-refractivity contribution in [3.8, 4) is 21.7 Å². The fourth-order valence-corrected chi connectivity index (χ4v) is 17.1. The Balaban J connectivity index is 0.000000514. The standard InChI is InChI=1S/C7H5ClN2.C4H2BrClN2.3C4H9.C3H3.Sn/c1-2-3-6-4-10-7(8)5-9-6;5-3-1-8-4(6)2-7-3;3*1-3-4-2;1-3-2;/h4-5H,1H3;1-2H;3*1,3-4H2,2H3;1H3;. The van der Waals surface area contributed by atoms with Gasteiger partial charge in [0.1, 0.15) is 20.6 Å². The predicted molar refractivity (Wildman–Crippen MR) is 153 cm³/mol. The summed E-state index contributed by atoms with van der Waals surface area (Å²) >= 11 is 12.0. The minimum Gasteiger partial charge on any atom is -0.245 e. The molecule has 186 valence electrons. The van der Waals surface area contributed by atoms with Gasteiger partial charge in [-0.3, -0.25) is 0 Å². The van der Waals surface area contributed by atoms with Gasteiger partial charge in [0.05, 0.1) is 24.8 Å². The minimum atomic E-state index is -2.02. The zero-order valence-electron chi connectivity index (χ0n) is 21.1. The van der Waals surface area contributed by atoms with Crippen molar-refractivity contribution in [1.29, 1.82) is 0 Å². The molecule has 0 unspecified atom stereocenters. The van der Waals surface area contributed by atoms with Gasteiger partial charge in [0.25, 0.3) is 0 Å². The first-order chi connectivity index (χ1) is 16.4. The third kappa shape index (κ3) is 16.7. The van der Waals surface area contributed by atoms with Crippen LogP contribution in [0.1, 0.15) is 78.8 Å². The van der Waals surface area contributed by atoms with Crippen LogP contribution >= 0.6 is 39.1 Å². The maximum atomic E-state index is 5.49. The van der Waals surface area contributed by atoms with Crippen LogP contribution in [0.3, 0.4) is 0 Å². The molecule has 2 heterocycles. The Hall–Kier alpha value is -0.861. The molecule has 4 nitrogen and oxygen atoms in total. The molecule has 8 heteroatoms. The van der Waals surface area contributed by atoms with Crippen LogP contribution in [-0.2, 0) is 0 Å². The molecule has 34 heavy (non-hydrogen) atoms. The molecule has 0 fully saturated rings. The van der Waals surface area contributed by atoms with E-state index in [0.717, 1.165) is 0 Å². The average molecular weight is 675 g/mol. The van der Waals surface area contributed by atoms with Gasteiger partial charge < -0.3 is 0 Å². The fourth-order valence-electron chi connectivity index (χ4n) is 3.17. The van der Waals surface area contributed by atoms with E-state index in [4.69, 9.17) is 23.2 Å². The van der Waals surface area contributed by atoms with Crippen LogP contribution in [0.5, 0.6) is 0 Å². The SMILES string of the molecule is CC#Cc1cnc(Cl)cn1.CC#[C][Sn]([CH2]CCC)([CH2]CCC)[CH2]CCC.Clc1cnc(Br)cn1. The van der Waals surface area contributed by atoms with Crippen molar-refractivity contribution in [2.45, 2.75) is 86.5 Å². The average Bonchev–Trinajstić information content (AvgIpc) is 2.84. The molecule has 0 aliphatic heterocycles. The molecular formula is C26H37BrCl2N4Sn. The molecule has 0 spiro atoms. The predicted octanol–water partition coefficient (Wildman–Crippen LogP) is 8.79. The smallest absolute Gasteiger partial charge is 0.147 e. The molecule has 2 rings (SSSR count). The fraction of sp³-hybridized carbons (Fsp3) is 0.538. The van der Waals surface area contributed by atoms with Gasteiger partial charge >= 0.3 is 108 Å². The zero-order valence-corrected chi connectivity index (χ0v) is 27.0. The van der Waals surface area contributed by atoms with Crippen LogP contribution < -0.4 is 0 Å². The number of unbranched alkanes of at least 4 members (excludes halogenated alkanes) is 3. The van der Waals surface area contributed by atoms with Gasteiger partial charge in [-0.2, -0.15) is 0 Å². The van der Waals surface area contributed by atoms with E-state index in [2.05, 4.69) is 85.3 Å². The monoisotopic (exact) mass is 674 g/mol. The minimum absolute atomic E-state index is 0.390. The molecular weight excluding hydrogens is 638 g/mol. The molecule has 0 radical (unpaired) electrons. The zero-order chi connectivity index (χ0) is 25.7. The van der Waals surface area contributed by atoms with Crippen LogP contribution in [0.25, 0.3) is 0 Å². The maximum absolute atomic E-state index is 5.49. The summed E-state index contributed by atoms with van der Waals surface area (Å²) < 4.78 is 9.02. The molecule has 0 aromatic carbocycles. The summed E-state index contributed by atoms with van der Waals surface area (Å²) in [4.78, 5) is 15.2. The normalized spacial score (nSPS) is 9.76. The molecule has 0 saturated heterocycles. The van der Waals surface area contributed by atoms with E-state index in [1.165, 1.54) is 64.2 Å². The third-order valence-electron chi connectivity index (χ3n) is 4.88. The van der Waals surface area contributed by atoms with Crippen molar-refractivity contribution >= 4 is 57.5 Å². The third-order valence-corrected chi connectivity index (χ3v) is 19.1. The van der Waals surface area contributed by atoms with Crippen molar-refractivity contribution in [1.82, 2.24) is 19.9 Å². The van der Waals surface area contributed by atoms with E-state index in [-0.39, 0.29) is 0 Å². The van der Waals surface area contributed by atoms with Crippen LogP contribution in [0.4, 0.5) is 0 Å². The Morgan fingerprint density at radius 1 is 0.735 bits per heavy atom. The first-order valence-corrected chi connectivity index (χ1v) is 20.9. The largest absolute Gasteiger partial charge is 0.245 e. The van der Waals surface area contributed by atoms with Crippen molar-refractivity contribution in [3.05, 3.63) is 45.4 Å². The van der Waals surface area contributed by atoms with Gasteiger partial charge in [-0.05, 0) is 28.8 Å². The van der Waals surface area contributed by atoms with Crippen molar-refractivity contribution in [2.75, 3.05) is 0 Å². The number of aromatic nitrogens is 4. The second-order valence-electron chi connectivity index (χ2n) is 7.73. The van der Waals surface area contributed by atoms with Crippen LogP contribution in [0, 0.1) is 21.7 Å². The molecule has 0 amide bonds. The number of rotatable bonds is 9. The van der Waals surface area contributed by atoms with E-state index >= 15 is 0 Å². The number of nitrogens with zero attached hydrogens (tertiary/aromatic N) is 4. The second kappa shape index (κ2) is 21.4. The Morgan fingerprint density at radius 2 is 1.24 bits per heavy atom. The molecule has 0 saturated carbocycles. The summed E-state index contributed by atoms with van der Waals surface area (Å²) in [5.41, 5.74) is 0.645. The van der Waals surface area contributed by atoms with Crippen molar-refractivity contribution in [3.63, 3.8) is 0 Å². The maximum Gasteiger partial charge on any atom is 0.147 e. The summed E-state index contributed by atoms with van der Waals surface area (Å²) in [6.07, 6.45) is 14.4. The molecule has 2 aromatic rings. The van der Waals surface area contributed by atoms with E-state index < -0.39 is 18.4 Å². The van der Waals surface area contributed by atoms with Gasteiger partial charge in [-0.25, -0.2) is 19.9 Å². The number of halogens is 3. The first-order valence-electron chi connectivity index (χ1n) is 11.8. The molecule has 0 aliphatic rings. The summed E-state index contributed by atoms with van der Waals surface area (Å²) in [7, 11) is 0. The molecule has 0 N–H and O–H groups in total. The Kier molecular flexibility index (Phi) is 20.9. The van der Waals surface area contributed by atoms with E-state index in [9.17, 15) is 0 Å². The van der Waals surface area contributed by atoms with Gasteiger partial charge in [-0.15, -0.1) is 0 Å². The topological polar surface area (TPSA) is 51.6 Å². The molecule has 0 atom stereocenters. The summed E-state index contributed by atoms with van der Waals surface area (Å²) in [6.45, 7) is 10.7. The van der Waals surface area contributed by atoms with Gasteiger partial charge in [-0.1, -0.05) is 29.1 Å². The number of hydrogen-bond acceptors (Lipinski definition) is 4. The van der Waals surface area contributed by atoms with Crippen LogP contribution in [-0.4, -0.2) is 38.3 Å². The molecule has 2 aromatic heterocycles. The van der Waals surface area contributed by atoms with Gasteiger partial charge in [0.15, 0.2) is 0 Å². The van der Waals surface area contributed by atoms with E-state index in [1.807, 2.05) is 0 Å². The summed E-state index contributed by atoms with van der Waals surface area (Å²) in [5.74, 6) is 8.74. The summed E-state index contributed by atoms with van der Waals surface area (Å²) in [6, 6.07) is 0.